The predicted molar refractivity (Wildman–Crippen MR) is 76.9 cm³/mol. The standard InChI is InChI=1S/C14H28N4O/c1-10-7-18(8-11(2)17(10)4)9-14(3,13(15)19)16-12-5-6-12/h10-12,16H,5-9H2,1-4H3,(H2,15,19). The first-order valence-corrected chi connectivity index (χ1v) is 7.34. The third-order valence-electron chi connectivity index (χ3n) is 4.62. The van der Waals surface area contributed by atoms with Gasteiger partial charge in [-0.15, -0.1) is 0 Å². The second-order valence-corrected chi connectivity index (χ2v) is 6.67. The zero-order valence-corrected chi connectivity index (χ0v) is 12.6. The highest BCUT2D eigenvalue weighted by molar-refractivity contribution is 5.84. The molecule has 1 heterocycles. The summed E-state index contributed by atoms with van der Waals surface area (Å²) in [6.07, 6.45) is 2.33. The molecule has 1 aliphatic heterocycles. The third kappa shape index (κ3) is 3.46. The highest BCUT2D eigenvalue weighted by Crippen LogP contribution is 2.24. The van der Waals surface area contributed by atoms with Crippen molar-refractivity contribution in [1.29, 1.82) is 0 Å². The van der Waals surface area contributed by atoms with Crippen molar-refractivity contribution >= 4 is 5.91 Å². The maximum Gasteiger partial charge on any atom is 0.238 e. The summed E-state index contributed by atoms with van der Waals surface area (Å²) in [5.74, 6) is -0.237. The number of nitrogens with two attached hydrogens (primary N) is 1. The molecular formula is C14H28N4O. The van der Waals surface area contributed by atoms with Crippen LogP contribution in [0.3, 0.4) is 0 Å². The zero-order valence-electron chi connectivity index (χ0n) is 12.6. The van der Waals surface area contributed by atoms with Crippen molar-refractivity contribution in [3.8, 4) is 0 Å². The zero-order chi connectivity index (χ0) is 14.2. The van der Waals surface area contributed by atoms with Crippen molar-refractivity contribution in [2.75, 3.05) is 26.7 Å². The third-order valence-corrected chi connectivity index (χ3v) is 4.62. The lowest BCUT2D eigenvalue weighted by molar-refractivity contribution is -0.125. The quantitative estimate of drug-likeness (QED) is 0.737. The Morgan fingerprint density at radius 2 is 1.84 bits per heavy atom. The monoisotopic (exact) mass is 268 g/mol. The molecule has 1 aliphatic carbocycles. The van der Waals surface area contributed by atoms with Gasteiger partial charge in [0.2, 0.25) is 5.91 Å². The van der Waals surface area contributed by atoms with Crippen LogP contribution >= 0.6 is 0 Å². The van der Waals surface area contributed by atoms with Crippen molar-refractivity contribution in [3.05, 3.63) is 0 Å². The maximum absolute atomic E-state index is 11.8. The molecule has 0 radical (unpaired) electrons. The summed E-state index contributed by atoms with van der Waals surface area (Å²) in [4.78, 5) is 16.6. The molecule has 1 amide bonds. The highest BCUT2D eigenvalue weighted by Gasteiger charge is 2.40. The van der Waals surface area contributed by atoms with Crippen molar-refractivity contribution in [1.82, 2.24) is 15.1 Å². The molecular weight excluding hydrogens is 240 g/mol. The van der Waals surface area contributed by atoms with Gasteiger partial charge in [-0.1, -0.05) is 0 Å². The summed E-state index contributed by atoms with van der Waals surface area (Å²) in [6.45, 7) is 9.12. The number of primary amides is 1. The topological polar surface area (TPSA) is 61.6 Å². The van der Waals surface area contributed by atoms with Gasteiger partial charge in [0.1, 0.15) is 5.54 Å². The lowest BCUT2D eigenvalue weighted by Crippen LogP contribution is -2.64. The van der Waals surface area contributed by atoms with Crippen molar-refractivity contribution in [2.45, 2.75) is 57.3 Å². The number of nitrogens with one attached hydrogen (secondary N) is 1. The van der Waals surface area contributed by atoms with Crippen LogP contribution in [-0.4, -0.2) is 66.1 Å². The van der Waals surface area contributed by atoms with Crippen molar-refractivity contribution < 1.29 is 4.79 Å². The number of carbonyl (C=O) groups excluding carboxylic acids is 1. The van der Waals surface area contributed by atoms with Gasteiger partial charge in [0.15, 0.2) is 0 Å². The van der Waals surface area contributed by atoms with E-state index in [2.05, 4.69) is 36.0 Å². The van der Waals surface area contributed by atoms with Crippen LogP contribution in [0.5, 0.6) is 0 Å². The largest absolute Gasteiger partial charge is 0.368 e. The molecule has 3 atom stereocenters. The fourth-order valence-corrected chi connectivity index (χ4v) is 2.96. The molecule has 3 unspecified atom stereocenters. The molecule has 0 bridgehead atoms. The summed E-state index contributed by atoms with van der Waals surface area (Å²) in [5, 5.41) is 3.43. The lowest BCUT2D eigenvalue weighted by Gasteiger charge is -2.45. The predicted octanol–water partition coefficient (Wildman–Crippen LogP) is 0.00680. The van der Waals surface area contributed by atoms with E-state index in [9.17, 15) is 4.79 Å². The van der Waals surface area contributed by atoms with Crippen LogP contribution in [0, 0.1) is 0 Å². The molecule has 2 rings (SSSR count). The fourth-order valence-electron chi connectivity index (χ4n) is 2.96. The summed E-state index contributed by atoms with van der Waals surface area (Å²) in [5.41, 5.74) is 5.02. The molecule has 0 aromatic carbocycles. The van der Waals surface area contributed by atoms with Crippen LogP contribution in [0.1, 0.15) is 33.6 Å². The second-order valence-electron chi connectivity index (χ2n) is 6.67. The number of amides is 1. The Kier molecular flexibility index (Phi) is 4.18. The minimum absolute atomic E-state index is 0.237. The number of carbonyl (C=O) groups is 1. The van der Waals surface area contributed by atoms with Gasteiger partial charge < -0.3 is 5.73 Å². The van der Waals surface area contributed by atoms with E-state index in [1.54, 1.807) is 0 Å². The van der Waals surface area contributed by atoms with Gasteiger partial charge in [0.25, 0.3) is 0 Å². The van der Waals surface area contributed by atoms with Gasteiger partial charge >= 0.3 is 0 Å². The van der Waals surface area contributed by atoms with E-state index >= 15 is 0 Å². The van der Waals surface area contributed by atoms with Gasteiger partial charge in [0, 0.05) is 37.8 Å². The number of hydrogen-bond donors (Lipinski definition) is 2. The Labute approximate surface area is 116 Å². The minimum Gasteiger partial charge on any atom is -0.368 e. The van der Waals surface area contributed by atoms with Crippen LogP contribution in [0.4, 0.5) is 0 Å². The smallest absolute Gasteiger partial charge is 0.238 e. The number of likely N-dealkylation sites (N-methyl/N-ethyl adjacent to an activating group) is 1. The summed E-state index contributed by atoms with van der Waals surface area (Å²) < 4.78 is 0. The molecule has 0 aromatic rings. The molecule has 3 N–H and O–H groups in total. The minimum atomic E-state index is -0.601. The molecule has 1 saturated heterocycles. The molecule has 2 aliphatic rings. The van der Waals surface area contributed by atoms with Gasteiger partial charge in [0.05, 0.1) is 0 Å². The van der Waals surface area contributed by atoms with Gasteiger partial charge in [-0.3, -0.25) is 19.9 Å². The van der Waals surface area contributed by atoms with Gasteiger partial charge in [-0.05, 0) is 40.7 Å². The molecule has 19 heavy (non-hydrogen) atoms. The van der Waals surface area contributed by atoms with Gasteiger partial charge in [-0.25, -0.2) is 0 Å². The molecule has 5 nitrogen and oxygen atoms in total. The number of rotatable bonds is 5. The van der Waals surface area contributed by atoms with E-state index < -0.39 is 5.54 Å². The average molecular weight is 268 g/mol. The second kappa shape index (κ2) is 5.38. The van der Waals surface area contributed by atoms with E-state index in [1.165, 1.54) is 12.8 Å². The average Bonchev–Trinajstić information content (AvgIpc) is 3.09. The first kappa shape index (κ1) is 14.8. The Morgan fingerprint density at radius 1 is 1.32 bits per heavy atom. The Hall–Kier alpha value is -0.650. The number of hydrogen-bond acceptors (Lipinski definition) is 4. The first-order valence-electron chi connectivity index (χ1n) is 7.34. The van der Waals surface area contributed by atoms with Crippen LogP contribution < -0.4 is 11.1 Å². The van der Waals surface area contributed by atoms with E-state index in [0.29, 0.717) is 24.7 Å². The van der Waals surface area contributed by atoms with E-state index in [0.717, 1.165) is 13.1 Å². The molecule has 0 aromatic heterocycles. The summed E-state index contributed by atoms with van der Waals surface area (Å²) in [6, 6.07) is 1.52. The molecule has 0 spiro atoms. The summed E-state index contributed by atoms with van der Waals surface area (Å²) in [7, 11) is 2.17. The normalized spacial score (nSPS) is 33.1. The molecule has 110 valence electrons. The van der Waals surface area contributed by atoms with Crippen LogP contribution in [0.25, 0.3) is 0 Å². The van der Waals surface area contributed by atoms with E-state index in [4.69, 9.17) is 5.73 Å². The summed E-state index contributed by atoms with van der Waals surface area (Å²) >= 11 is 0. The number of nitrogens with zero attached hydrogens (tertiary/aromatic N) is 2. The van der Waals surface area contributed by atoms with Crippen molar-refractivity contribution in [2.24, 2.45) is 5.73 Å². The highest BCUT2D eigenvalue weighted by atomic mass is 16.1. The fraction of sp³-hybridized carbons (Fsp3) is 0.929. The van der Waals surface area contributed by atoms with Crippen LogP contribution in [0.2, 0.25) is 0 Å². The molecule has 1 saturated carbocycles. The van der Waals surface area contributed by atoms with E-state index in [1.807, 2.05) is 6.92 Å². The van der Waals surface area contributed by atoms with Crippen molar-refractivity contribution in [3.63, 3.8) is 0 Å². The Morgan fingerprint density at radius 3 is 2.26 bits per heavy atom. The first-order chi connectivity index (χ1) is 8.82. The Bertz CT molecular complexity index is 332. The Balaban J connectivity index is 1.98. The van der Waals surface area contributed by atoms with Gasteiger partial charge in [-0.2, -0.15) is 0 Å². The molecule has 2 fully saturated rings. The molecule has 5 heteroatoms. The SMILES string of the molecule is CC1CN(CC(C)(NC2CC2)C(N)=O)CC(C)N1C. The maximum atomic E-state index is 11.8. The van der Waals surface area contributed by atoms with Crippen LogP contribution in [0.15, 0.2) is 0 Å². The number of piperazine rings is 1. The van der Waals surface area contributed by atoms with E-state index in [-0.39, 0.29) is 5.91 Å². The van der Waals surface area contributed by atoms with Crippen LogP contribution in [-0.2, 0) is 4.79 Å². The lowest BCUT2D eigenvalue weighted by atomic mass is 9.98.